The molecule has 1 N–H and O–H groups in total. The molecule has 120 valence electrons. The lowest BCUT2D eigenvalue weighted by Crippen LogP contribution is -2.16. The molecular weight excluding hydrogens is 286 g/mol. The number of fused-ring (bicyclic) bond motifs is 1. The van der Waals surface area contributed by atoms with Gasteiger partial charge in [0.15, 0.2) is 0 Å². The van der Waals surface area contributed by atoms with Gasteiger partial charge in [-0.05, 0) is 39.8 Å². The second-order valence-corrected chi connectivity index (χ2v) is 7.38. The number of carbonyl (C=O) groups is 1. The molecule has 3 heteroatoms. The Bertz CT molecular complexity index is 744. The van der Waals surface area contributed by atoms with Gasteiger partial charge in [-0.15, -0.1) is 0 Å². The van der Waals surface area contributed by atoms with E-state index in [1.165, 1.54) is 16.7 Å². The summed E-state index contributed by atoms with van der Waals surface area (Å²) in [5.74, 6) is -0.869. The largest absolute Gasteiger partial charge is 0.478 e. The first kappa shape index (κ1) is 15.8. The fourth-order valence-electron chi connectivity index (χ4n) is 3.10. The SMILES string of the molecule is CC(C)(C)c1ccc2c(c1)CN(Cc1cccc(C(=O)O)c1)C2. The van der Waals surface area contributed by atoms with Crippen molar-refractivity contribution in [2.24, 2.45) is 0 Å². The van der Waals surface area contributed by atoms with E-state index >= 15 is 0 Å². The van der Waals surface area contributed by atoms with Crippen LogP contribution in [-0.2, 0) is 25.0 Å². The highest BCUT2D eigenvalue weighted by atomic mass is 16.4. The zero-order valence-corrected chi connectivity index (χ0v) is 14.0. The first-order valence-corrected chi connectivity index (χ1v) is 8.00. The van der Waals surface area contributed by atoms with Crippen molar-refractivity contribution >= 4 is 5.97 Å². The summed E-state index contributed by atoms with van der Waals surface area (Å²) in [6.07, 6.45) is 0. The molecule has 1 heterocycles. The Morgan fingerprint density at radius 1 is 1.09 bits per heavy atom. The van der Waals surface area contributed by atoms with Crippen molar-refractivity contribution in [1.29, 1.82) is 0 Å². The van der Waals surface area contributed by atoms with Crippen LogP contribution < -0.4 is 0 Å². The van der Waals surface area contributed by atoms with Crippen molar-refractivity contribution in [3.8, 4) is 0 Å². The van der Waals surface area contributed by atoms with Gasteiger partial charge in [0.25, 0.3) is 0 Å². The minimum atomic E-state index is -0.869. The smallest absolute Gasteiger partial charge is 0.335 e. The summed E-state index contributed by atoms with van der Waals surface area (Å²) in [5.41, 5.74) is 5.71. The van der Waals surface area contributed by atoms with Crippen molar-refractivity contribution in [2.75, 3.05) is 0 Å². The van der Waals surface area contributed by atoms with Crippen LogP contribution in [-0.4, -0.2) is 16.0 Å². The fraction of sp³-hybridized carbons (Fsp3) is 0.350. The normalized spacial score (nSPS) is 14.7. The molecule has 2 aromatic rings. The lowest BCUT2D eigenvalue weighted by atomic mass is 9.85. The van der Waals surface area contributed by atoms with E-state index in [0.29, 0.717) is 5.56 Å². The molecule has 0 amide bonds. The molecule has 0 saturated carbocycles. The third-order valence-corrected chi connectivity index (χ3v) is 4.44. The predicted molar refractivity (Wildman–Crippen MR) is 91.5 cm³/mol. The Morgan fingerprint density at radius 3 is 2.52 bits per heavy atom. The van der Waals surface area contributed by atoms with Gasteiger partial charge in [0.1, 0.15) is 0 Å². The first-order valence-electron chi connectivity index (χ1n) is 8.00. The van der Waals surface area contributed by atoms with Crippen molar-refractivity contribution in [3.05, 3.63) is 70.3 Å². The van der Waals surface area contributed by atoms with Gasteiger partial charge in [0, 0.05) is 19.6 Å². The molecular formula is C20H23NO2. The molecule has 1 aliphatic rings. The van der Waals surface area contributed by atoms with E-state index < -0.39 is 5.97 Å². The number of hydrogen-bond acceptors (Lipinski definition) is 2. The fourth-order valence-corrected chi connectivity index (χ4v) is 3.10. The summed E-state index contributed by atoms with van der Waals surface area (Å²) in [7, 11) is 0. The maximum Gasteiger partial charge on any atom is 0.335 e. The topological polar surface area (TPSA) is 40.5 Å². The summed E-state index contributed by atoms with van der Waals surface area (Å²) < 4.78 is 0. The third-order valence-electron chi connectivity index (χ3n) is 4.44. The summed E-state index contributed by atoms with van der Waals surface area (Å²) in [6, 6.07) is 14.0. The van der Waals surface area contributed by atoms with Gasteiger partial charge in [-0.25, -0.2) is 4.79 Å². The Labute approximate surface area is 137 Å². The lowest BCUT2D eigenvalue weighted by Gasteiger charge is -2.19. The maximum absolute atomic E-state index is 11.1. The Morgan fingerprint density at radius 2 is 1.83 bits per heavy atom. The van der Waals surface area contributed by atoms with Gasteiger partial charge < -0.3 is 5.11 Å². The van der Waals surface area contributed by atoms with E-state index in [-0.39, 0.29) is 5.41 Å². The highest BCUT2D eigenvalue weighted by Crippen LogP contribution is 2.30. The van der Waals surface area contributed by atoms with Gasteiger partial charge in [-0.1, -0.05) is 51.1 Å². The molecule has 0 spiro atoms. The summed E-state index contributed by atoms with van der Waals surface area (Å²) in [4.78, 5) is 13.4. The van der Waals surface area contributed by atoms with Gasteiger partial charge in [-0.2, -0.15) is 0 Å². The highest BCUT2D eigenvalue weighted by Gasteiger charge is 2.22. The number of carboxylic acid groups (broad SMARTS) is 1. The maximum atomic E-state index is 11.1. The summed E-state index contributed by atoms with van der Waals surface area (Å²) in [5, 5.41) is 9.11. The van der Waals surface area contributed by atoms with E-state index in [9.17, 15) is 4.79 Å². The highest BCUT2D eigenvalue weighted by molar-refractivity contribution is 5.87. The standard InChI is InChI=1S/C20H23NO2/c1-20(2,3)18-8-7-16-12-21(13-17(16)10-18)11-14-5-4-6-15(9-14)19(22)23/h4-10H,11-13H2,1-3H3,(H,22,23). The Hall–Kier alpha value is -2.13. The quantitative estimate of drug-likeness (QED) is 0.924. The molecule has 1 aliphatic heterocycles. The van der Waals surface area contributed by atoms with E-state index in [2.05, 4.69) is 43.9 Å². The van der Waals surface area contributed by atoms with Crippen LogP contribution in [0.5, 0.6) is 0 Å². The number of nitrogens with zero attached hydrogens (tertiary/aromatic N) is 1. The first-order chi connectivity index (χ1) is 10.8. The number of hydrogen-bond donors (Lipinski definition) is 1. The molecule has 0 bridgehead atoms. The van der Waals surface area contributed by atoms with Crippen LogP contribution in [0, 0.1) is 0 Å². The van der Waals surface area contributed by atoms with Crippen LogP contribution in [0.4, 0.5) is 0 Å². The van der Waals surface area contributed by atoms with Gasteiger partial charge in [0.05, 0.1) is 5.56 Å². The van der Waals surface area contributed by atoms with Gasteiger partial charge in [0.2, 0.25) is 0 Å². The number of carboxylic acids is 1. The van der Waals surface area contributed by atoms with Crippen molar-refractivity contribution in [2.45, 2.75) is 45.8 Å². The van der Waals surface area contributed by atoms with Crippen molar-refractivity contribution in [1.82, 2.24) is 4.90 Å². The van der Waals surface area contributed by atoms with E-state index in [4.69, 9.17) is 5.11 Å². The van der Waals surface area contributed by atoms with Crippen LogP contribution in [0.1, 0.15) is 53.4 Å². The summed E-state index contributed by atoms with van der Waals surface area (Å²) in [6.45, 7) is 9.34. The van der Waals surface area contributed by atoms with Gasteiger partial charge in [-0.3, -0.25) is 4.90 Å². The molecule has 0 fully saturated rings. The predicted octanol–water partition coefficient (Wildman–Crippen LogP) is 4.20. The average molecular weight is 309 g/mol. The molecule has 3 rings (SSSR count). The third kappa shape index (κ3) is 3.45. The number of benzene rings is 2. The van der Waals surface area contributed by atoms with E-state index in [1.807, 2.05) is 12.1 Å². The minimum absolute atomic E-state index is 0.165. The lowest BCUT2D eigenvalue weighted by molar-refractivity contribution is 0.0696. The molecule has 0 saturated heterocycles. The molecule has 0 atom stereocenters. The molecule has 0 radical (unpaired) electrons. The average Bonchev–Trinajstić information content (AvgIpc) is 2.87. The number of rotatable bonds is 3. The molecule has 0 aromatic heterocycles. The van der Waals surface area contributed by atoms with Crippen LogP contribution in [0.25, 0.3) is 0 Å². The van der Waals surface area contributed by atoms with Crippen LogP contribution >= 0.6 is 0 Å². The monoisotopic (exact) mass is 309 g/mol. The van der Waals surface area contributed by atoms with Crippen LogP contribution in [0.2, 0.25) is 0 Å². The van der Waals surface area contributed by atoms with Crippen LogP contribution in [0.15, 0.2) is 42.5 Å². The second kappa shape index (κ2) is 5.82. The molecule has 0 unspecified atom stereocenters. The zero-order valence-electron chi connectivity index (χ0n) is 14.0. The number of aromatic carboxylic acids is 1. The molecule has 0 aliphatic carbocycles. The molecule has 3 nitrogen and oxygen atoms in total. The Balaban J connectivity index is 1.75. The van der Waals surface area contributed by atoms with Gasteiger partial charge >= 0.3 is 5.97 Å². The van der Waals surface area contributed by atoms with E-state index in [0.717, 1.165) is 25.2 Å². The minimum Gasteiger partial charge on any atom is -0.478 e. The second-order valence-electron chi connectivity index (χ2n) is 7.38. The van der Waals surface area contributed by atoms with Crippen LogP contribution in [0.3, 0.4) is 0 Å². The molecule has 23 heavy (non-hydrogen) atoms. The van der Waals surface area contributed by atoms with Crippen molar-refractivity contribution < 1.29 is 9.90 Å². The Kier molecular flexibility index (Phi) is 3.99. The molecule has 2 aromatic carbocycles. The van der Waals surface area contributed by atoms with Crippen molar-refractivity contribution in [3.63, 3.8) is 0 Å². The zero-order chi connectivity index (χ0) is 16.6. The summed E-state index contributed by atoms with van der Waals surface area (Å²) >= 11 is 0. The van der Waals surface area contributed by atoms with E-state index in [1.54, 1.807) is 12.1 Å².